The summed E-state index contributed by atoms with van der Waals surface area (Å²) in [6.45, 7) is -0.511. The number of nitriles is 1. The van der Waals surface area contributed by atoms with Gasteiger partial charge in [0, 0.05) is 8.95 Å². The van der Waals surface area contributed by atoms with Crippen molar-refractivity contribution in [3.8, 4) is 11.8 Å². The fourth-order valence-corrected chi connectivity index (χ4v) is 3.14. The first-order valence-corrected chi connectivity index (χ1v) is 9.19. The van der Waals surface area contributed by atoms with Gasteiger partial charge in [-0.2, -0.15) is 5.26 Å². The van der Waals surface area contributed by atoms with E-state index in [-0.39, 0.29) is 5.57 Å². The van der Waals surface area contributed by atoms with E-state index in [9.17, 15) is 9.59 Å². The van der Waals surface area contributed by atoms with Crippen molar-refractivity contribution >= 4 is 55.5 Å². The zero-order valence-electron chi connectivity index (χ0n) is 14.2. The molecule has 0 atom stereocenters. The van der Waals surface area contributed by atoms with Crippen LogP contribution >= 0.6 is 31.9 Å². The molecule has 0 spiro atoms. The number of rotatable bonds is 6. The Morgan fingerprint density at radius 1 is 1.19 bits per heavy atom. The van der Waals surface area contributed by atoms with Gasteiger partial charge >= 0.3 is 5.97 Å². The SMILES string of the molecule is COc1ccc(C=C(C#N)C(=O)OCC(=O)Nc2ccc(Br)cc2Br)cc1. The molecule has 0 bridgehead atoms. The van der Waals surface area contributed by atoms with E-state index >= 15 is 0 Å². The molecular formula is C19H14Br2N2O4. The second-order valence-corrected chi connectivity index (χ2v) is 6.96. The van der Waals surface area contributed by atoms with Crippen LogP contribution in [0.15, 0.2) is 57.0 Å². The quantitative estimate of drug-likeness (QED) is 0.368. The molecule has 0 aromatic heterocycles. The van der Waals surface area contributed by atoms with Crippen LogP contribution in [-0.4, -0.2) is 25.6 Å². The number of hydrogen-bond acceptors (Lipinski definition) is 5. The predicted octanol–water partition coefficient (Wildman–Crippen LogP) is 4.31. The second kappa shape index (κ2) is 9.90. The lowest BCUT2D eigenvalue weighted by Gasteiger charge is -2.08. The van der Waals surface area contributed by atoms with Gasteiger partial charge in [0.05, 0.1) is 12.8 Å². The molecular weight excluding hydrogens is 480 g/mol. The number of halogens is 2. The van der Waals surface area contributed by atoms with Crippen molar-refractivity contribution in [2.45, 2.75) is 0 Å². The third kappa shape index (κ3) is 6.24. The summed E-state index contributed by atoms with van der Waals surface area (Å²) in [6.07, 6.45) is 1.38. The third-order valence-corrected chi connectivity index (χ3v) is 4.46. The van der Waals surface area contributed by atoms with Crippen LogP contribution < -0.4 is 10.1 Å². The fraction of sp³-hybridized carbons (Fsp3) is 0.105. The molecule has 0 heterocycles. The molecule has 0 unspecified atom stereocenters. The van der Waals surface area contributed by atoms with Crippen LogP contribution in [0.25, 0.3) is 6.08 Å². The van der Waals surface area contributed by atoms with Gasteiger partial charge in [-0.15, -0.1) is 0 Å². The summed E-state index contributed by atoms with van der Waals surface area (Å²) >= 11 is 6.64. The molecule has 0 aliphatic rings. The highest BCUT2D eigenvalue weighted by Gasteiger charge is 2.14. The topological polar surface area (TPSA) is 88.4 Å². The summed E-state index contributed by atoms with van der Waals surface area (Å²) in [7, 11) is 1.54. The summed E-state index contributed by atoms with van der Waals surface area (Å²) in [5.41, 5.74) is 0.957. The molecule has 27 heavy (non-hydrogen) atoms. The van der Waals surface area contributed by atoms with E-state index in [4.69, 9.17) is 14.7 Å². The van der Waals surface area contributed by atoms with Gasteiger partial charge in [0.2, 0.25) is 0 Å². The summed E-state index contributed by atoms with van der Waals surface area (Å²) in [5.74, 6) is -0.740. The normalized spacial score (nSPS) is 10.7. The number of anilines is 1. The van der Waals surface area contributed by atoms with Gasteiger partial charge in [0.15, 0.2) is 6.61 Å². The van der Waals surface area contributed by atoms with Gasteiger partial charge in [-0.25, -0.2) is 4.79 Å². The lowest BCUT2D eigenvalue weighted by Crippen LogP contribution is -2.21. The van der Waals surface area contributed by atoms with Crippen molar-refractivity contribution in [2.24, 2.45) is 0 Å². The minimum Gasteiger partial charge on any atom is -0.497 e. The Balaban J connectivity index is 1.96. The minimum atomic E-state index is -0.877. The van der Waals surface area contributed by atoms with Crippen LogP contribution in [0.3, 0.4) is 0 Å². The van der Waals surface area contributed by atoms with Crippen molar-refractivity contribution in [1.29, 1.82) is 5.26 Å². The largest absolute Gasteiger partial charge is 0.497 e. The second-order valence-electron chi connectivity index (χ2n) is 5.19. The van der Waals surface area contributed by atoms with Crippen LogP contribution in [0.5, 0.6) is 5.75 Å². The molecule has 2 aromatic rings. The Hall–Kier alpha value is -2.63. The van der Waals surface area contributed by atoms with Gasteiger partial charge in [0.25, 0.3) is 5.91 Å². The first-order chi connectivity index (χ1) is 12.9. The average Bonchev–Trinajstić information content (AvgIpc) is 2.67. The molecule has 138 valence electrons. The molecule has 6 nitrogen and oxygen atoms in total. The smallest absolute Gasteiger partial charge is 0.349 e. The van der Waals surface area contributed by atoms with Crippen molar-refractivity contribution in [2.75, 3.05) is 19.0 Å². The molecule has 0 fully saturated rings. The molecule has 1 amide bonds. The van der Waals surface area contributed by atoms with Crippen LogP contribution in [0.4, 0.5) is 5.69 Å². The zero-order valence-corrected chi connectivity index (χ0v) is 17.3. The van der Waals surface area contributed by atoms with E-state index in [1.54, 1.807) is 55.6 Å². The Bertz CT molecular complexity index is 918. The Morgan fingerprint density at radius 2 is 1.89 bits per heavy atom. The van der Waals surface area contributed by atoms with Gasteiger partial charge in [-0.05, 0) is 57.9 Å². The first kappa shape index (κ1) is 20.7. The molecule has 0 saturated heterocycles. The van der Waals surface area contributed by atoms with Crippen LogP contribution in [0, 0.1) is 11.3 Å². The molecule has 0 aliphatic carbocycles. The fourth-order valence-electron chi connectivity index (χ4n) is 1.99. The van der Waals surface area contributed by atoms with Gasteiger partial charge in [-0.1, -0.05) is 28.1 Å². The Morgan fingerprint density at radius 3 is 2.48 bits per heavy atom. The molecule has 1 N–H and O–H groups in total. The monoisotopic (exact) mass is 492 g/mol. The average molecular weight is 494 g/mol. The highest BCUT2D eigenvalue weighted by Crippen LogP contribution is 2.26. The number of amides is 1. The number of carbonyl (C=O) groups excluding carboxylic acids is 2. The summed E-state index contributed by atoms with van der Waals surface area (Å²) < 4.78 is 11.5. The highest BCUT2D eigenvalue weighted by molar-refractivity contribution is 9.11. The standard InChI is InChI=1S/C19H14Br2N2O4/c1-26-15-5-2-12(3-6-15)8-13(10-22)19(25)27-11-18(24)23-17-7-4-14(20)9-16(17)21/h2-9H,11H2,1H3,(H,23,24). The van der Waals surface area contributed by atoms with E-state index in [2.05, 4.69) is 37.2 Å². The number of benzene rings is 2. The van der Waals surface area contributed by atoms with E-state index in [0.717, 1.165) is 4.47 Å². The maximum Gasteiger partial charge on any atom is 0.349 e. The number of hydrogen-bond donors (Lipinski definition) is 1. The number of carbonyl (C=O) groups is 2. The van der Waals surface area contributed by atoms with E-state index in [0.29, 0.717) is 21.5 Å². The maximum atomic E-state index is 12.0. The highest BCUT2D eigenvalue weighted by atomic mass is 79.9. The van der Waals surface area contributed by atoms with Gasteiger partial charge in [0.1, 0.15) is 17.4 Å². The van der Waals surface area contributed by atoms with E-state index in [1.807, 2.05) is 0 Å². The Labute approximate surface area is 173 Å². The third-order valence-electron chi connectivity index (χ3n) is 3.31. The number of nitrogens with zero attached hydrogens (tertiary/aromatic N) is 1. The molecule has 0 saturated carbocycles. The molecule has 2 rings (SSSR count). The van der Waals surface area contributed by atoms with Crippen molar-refractivity contribution in [3.63, 3.8) is 0 Å². The van der Waals surface area contributed by atoms with Gasteiger partial charge in [-0.3, -0.25) is 4.79 Å². The van der Waals surface area contributed by atoms with Crippen LogP contribution in [0.1, 0.15) is 5.56 Å². The molecule has 0 radical (unpaired) electrons. The number of methoxy groups -OCH3 is 1. The van der Waals surface area contributed by atoms with Crippen LogP contribution in [-0.2, 0) is 14.3 Å². The predicted molar refractivity (Wildman–Crippen MR) is 108 cm³/mol. The zero-order chi connectivity index (χ0) is 19.8. The van der Waals surface area contributed by atoms with Gasteiger partial charge < -0.3 is 14.8 Å². The lowest BCUT2D eigenvalue weighted by molar-refractivity contribution is -0.142. The van der Waals surface area contributed by atoms with Crippen LogP contribution in [0.2, 0.25) is 0 Å². The molecule has 0 aliphatic heterocycles. The minimum absolute atomic E-state index is 0.210. The van der Waals surface area contributed by atoms with E-state index in [1.165, 1.54) is 6.08 Å². The number of esters is 1. The van der Waals surface area contributed by atoms with Crippen molar-refractivity contribution in [1.82, 2.24) is 0 Å². The number of nitrogens with one attached hydrogen (secondary N) is 1. The molecule has 2 aromatic carbocycles. The number of ether oxygens (including phenoxy) is 2. The summed E-state index contributed by atoms with van der Waals surface area (Å²) in [5, 5.41) is 11.8. The summed E-state index contributed by atoms with van der Waals surface area (Å²) in [4.78, 5) is 24.0. The Kier molecular flexibility index (Phi) is 7.58. The van der Waals surface area contributed by atoms with Crippen molar-refractivity contribution < 1.29 is 19.1 Å². The van der Waals surface area contributed by atoms with Crippen molar-refractivity contribution in [3.05, 3.63) is 62.5 Å². The molecule has 8 heteroatoms. The maximum absolute atomic E-state index is 12.0. The van der Waals surface area contributed by atoms with E-state index < -0.39 is 18.5 Å². The lowest BCUT2D eigenvalue weighted by atomic mass is 10.1. The first-order valence-electron chi connectivity index (χ1n) is 7.61. The summed E-state index contributed by atoms with van der Waals surface area (Å²) in [6, 6.07) is 13.8.